The molecule has 2 aliphatic heterocycles. The van der Waals surface area contributed by atoms with E-state index in [4.69, 9.17) is 0 Å². The summed E-state index contributed by atoms with van der Waals surface area (Å²) in [6.07, 6.45) is 0. The maximum atomic E-state index is 10.4. The Hall–Kier alpha value is -14.0. The van der Waals surface area contributed by atoms with E-state index in [2.05, 4.69) is 351 Å². The summed E-state index contributed by atoms with van der Waals surface area (Å²) in [4.78, 5) is 4.80. The quantitative estimate of drug-likeness (QED) is 0.127. The Morgan fingerprint density at radius 2 is 0.589 bits per heavy atom. The van der Waals surface area contributed by atoms with Crippen molar-refractivity contribution in [3.05, 3.63) is 448 Å². The highest BCUT2D eigenvalue weighted by Gasteiger charge is 2.51. The molecule has 626 valence electrons. The van der Waals surface area contributed by atoms with E-state index in [-0.39, 0.29) is 115 Å². The molecule has 5 heteroatoms. The van der Waals surface area contributed by atoms with Crippen molar-refractivity contribution >= 4 is 101 Å². The van der Waals surface area contributed by atoms with Gasteiger partial charge >= 0.3 is 0 Å². The van der Waals surface area contributed by atoms with E-state index >= 15 is 0 Å². The molecule has 19 aromatic rings. The summed E-state index contributed by atoms with van der Waals surface area (Å²) in [6, 6.07) is 101. The third-order valence-corrected chi connectivity index (χ3v) is 28.0. The van der Waals surface area contributed by atoms with E-state index in [1.54, 1.807) is 9.13 Å². The van der Waals surface area contributed by atoms with Gasteiger partial charge in [-0.15, -0.1) is 0 Å². The highest BCUT2D eigenvalue weighted by Crippen LogP contribution is 2.61. The van der Waals surface area contributed by atoms with Gasteiger partial charge in [0.25, 0.3) is 6.71 Å². The molecule has 0 atom stereocenters. The van der Waals surface area contributed by atoms with Crippen LogP contribution in [0.1, 0.15) is 195 Å². The molecule has 0 amide bonds. The highest BCUT2D eigenvalue weighted by molar-refractivity contribution is 7.00. The summed E-state index contributed by atoms with van der Waals surface area (Å²) in [5.74, 6) is 0. The van der Waals surface area contributed by atoms with Gasteiger partial charge in [-0.3, -0.25) is 0 Å². The minimum absolute atomic E-state index is 0.0433. The van der Waals surface area contributed by atoms with E-state index < -0.39 is 68.8 Å². The summed E-state index contributed by atoms with van der Waals surface area (Å²) >= 11 is 0. The van der Waals surface area contributed by atoms with Gasteiger partial charge in [-0.1, -0.05) is 371 Å². The zero-order chi connectivity index (χ0) is 101. The summed E-state index contributed by atoms with van der Waals surface area (Å²) in [5.41, 5.74) is 23.7. The van der Waals surface area contributed by atoms with Gasteiger partial charge in [-0.25, -0.2) is 0 Å². The van der Waals surface area contributed by atoms with Gasteiger partial charge in [0, 0.05) is 66.8 Å². The van der Waals surface area contributed by atoms with Crippen LogP contribution in [0, 0.1) is 0 Å². The molecule has 0 spiro atoms. The molecule has 129 heavy (non-hydrogen) atoms. The third kappa shape index (κ3) is 12.1. The fraction of sp³-hybridized carbons (Fsp3) is 0.177. The summed E-state index contributed by atoms with van der Waals surface area (Å²) < 4.78 is 144. The first-order chi connectivity index (χ1) is 68.0. The average Bonchev–Trinajstić information content (AvgIpc) is 1.55. The number of aromatic nitrogens is 2. The van der Waals surface area contributed by atoms with Crippen LogP contribution in [0.5, 0.6) is 0 Å². The van der Waals surface area contributed by atoms with Gasteiger partial charge in [0.2, 0.25) is 0 Å². The van der Waals surface area contributed by atoms with Crippen LogP contribution in [-0.2, 0) is 37.9 Å². The van der Waals surface area contributed by atoms with Crippen molar-refractivity contribution in [3.63, 3.8) is 0 Å². The van der Waals surface area contributed by atoms with Crippen molar-refractivity contribution in [2.45, 2.75) is 142 Å². The van der Waals surface area contributed by atoms with E-state index in [1.807, 2.05) is 53.7 Å². The maximum Gasteiger partial charge on any atom is 0.252 e. The molecule has 4 heterocycles. The number of para-hydroxylation sites is 2. The number of anilines is 6. The minimum Gasteiger partial charge on any atom is -0.311 e. The Balaban J connectivity index is 0.887. The van der Waals surface area contributed by atoms with Crippen LogP contribution in [0.25, 0.3) is 99.5 Å². The lowest BCUT2D eigenvalue weighted by Gasteiger charge is -2.46. The van der Waals surface area contributed by atoms with Gasteiger partial charge < -0.3 is 18.9 Å². The van der Waals surface area contributed by atoms with Crippen molar-refractivity contribution in [3.8, 4) is 55.9 Å². The zero-order valence-corrected chi connectivity index (χ0v) is 75.6. The van der Waals surface area contributed by atoms with E-state index in [0.29, 0.717) is 22.7 Å². The lowest BCUT2D eigenvalue weighted by atomic mass is 9.33. The molecule has 0 saturated carbocycles. The van der Waals surface area contributed by atoms with Crippen molar-refractivity contribution in [2.75, 3.05) is 9.80 Å². The number of hydrogen-bond acceptors (Lipinski definition) is 2. The Labute approximate surface area is 780 Å². The second-order valence-electron chi connectivity index (χ2n) is 40.9. The molecule has 2 aliphatic carbocycles. The first kappa shape index (κ1) is 65.6. The fourth-order valence-corrected chi connectivity index (χ4v) is 21.6. The molecule has 2 aromatic heterocycles. The summed E-state index contributed by atoms with van der Waals surface area (Å²) in [6.45, 7) is 30.8. The molecule has 23 rings (SSSR count). The lowest BCUT2D eigenvalue weighted by molar-refractivity contribution is 0.590. The number of nitrogens with zero attached hydrogens (tertiary/aromatic N) is 4. The monoisotopic (exact) mass is 1680 g/mol. The van der Waals surface area contributed by atoms with Crippen molar-refractivity contribution in [1.82, 2.24) is 9.13 Å². The molecule has 0 fully saturated rings. The minimum atomic E-state index is -0.859. The maximum absolute atomic E-state index is 10.4. The van der Waals surface area contributed by atoms with Gasteiger partial charge in [-0.05, 0) is 258 Å². The number of rotatable bonds is 10. The van der Waals surface area contributed by atoms with Gasteiger partial charge in [-0.2, -0.15) is 0 Å². The van der Waals surface area contributed by atoms with Crippen molar-refractivity contribution < 1.29 is 19.2 Å². The number of hydrogen-bond donors (Lipinski definition) is 0. The van der Waals surface area contributed by atoms with Crippen LogP contribution in [0.4, 0.5) is 34.1 Å². The Kier molecular flexibility index (Phi) is 14.6. The van der Waals surface area contributed by atoms with Crippen LogP contribution >= 0.6 is 0 Å². The molecule has 0 bridgehead atoms. The van der Waals surface area contributed by atoms with E-state index in [9.17, 15) is 19.2 Å². The van der Waals surface area contributed by atoms with Crippen molar-refractivity contribution in [2.24, 2.45) is 0 Å². The highest BCUT2D eigenvalue weighted by atomic mass is 15.2. The number of benzene rings is 17. The number of fused-ring (bicyclic) bond motifs is 16. The fourth-order valence-electron chi connectivity index (χ4n) is 21.6. The normalized spacial score (nSPS) is 15.8. The zero-order valence-electron chi connectivity index (χ0n) is 89.6. The van der Waals surface area contributed by atoms with Crippen LogP contribution in [0.15, 0.2) is 376 Å². The topological polar surface area (TPSA) is 16.3 Å². The van der Waals surface area contributed by atoms with Gasteiger partial charge in [0.05, 0.1) is 63.5 Å². The Morgan fingerprint density at radius 1 is 0.248 bits per heavy atom. The Bertz CT molecular complexity index is 8160. The van der Waals surface area contributed by atoms with Crippen LogP contribution in [0.2, 0.25) is 0 Å². The van der Waals surface area contributed by atoms with Crippen LogP contribution in [0.3, 0.4) is 0 Å². The molecule has 4 nitrogen and oxygen atoms in total. The molecule has 0 radical (unpaired) electrons. The molecule has 0 N–H and O–H groups in total. The van der Waals surface area contributed by atoms with Crippen LogP contribution < -0.4 is 26.2 Å². The summed E-state index contributed by atoms with van der Waals surface area (Å²) in [7, 11) is 0. The molecular weight excluding hydrogens is 1560 g/mol. The van der Waals surface area contributed by atoms with Gasteiger partial charge in [0.15, 0.2) is 0 Å². The summed E-state index contributed by atoms with van der Waals surface area (Å²) in [5, 5.41) is 0.377. The lowest BCUT2D eigenvalue weighted by Crippen LogP contribution is -2.61. The first-order valence-corrected chi connectivity index (χ1v) is 45.2. The SMILES string of the molecule is [2H]c1c([2H])c([2H])c2c(c1[2H])c1c([2H])c(C(C)(C)C)c([2H])c([2H])c1n2-c1ccc2c(c1)N(c1ccc(C(C)(C)C)cc1-c1ccc3c(c1)C(c1ccccc1)(c1ccccc1)c1ccccc1-3)c1cc(C(C)(C)C)cc3c1B2c1ccc(-n2c4c([2H])c([2H])c([2H])c([2H])c4c4c([2H])c(C(C)(C)C)c([2H])c([2H])c42)cc1N3c1ccc(C(C)(C)C)cc1-c1ccc2c(c1)C(c1ccccc1)(c1ccccc1)c1ccccc1-2. The second-order valence-corrected chi connectivity index (χ2v) is 40.9. The first-order valence-electron chi connectivity index (χ1n) is 52.2. The van der Waals surface area contributed by atoms with Gasteiger partial charge in [0.1, 0.15) is 0 Å². The van der Waals surface area contributed by atoms with E-state index in [1.165, 1.54) is 0 Å². The molecule has 17 aromatic carbocycles. The predicted molar refractivity (Wildman–Crippen MR) is 548 cm³/mol. The van der Waals surface area contributed by atoms with Crippen LogP contribution in [-0.4, -0.2) is 15.8 Å². The third-order valence-electron chi connectivity index (χ3n) is 28.0. The second kappa shape index (κ2) is 28.8. The predicted octanol–water partition coefficient (Wildman–Crippen LogP) is 30.5. The standard InChI is InChI=1S/C124H107BN4/c1-118(2,3)84-54-64-109(97(70-84)78-52-60-93-91-44-28-32-48-101(91)123(103(93)68-78,80-36-20-16-21-37-80)81-38-22-17-23-39-81)128-113-76-89(126-107-50-34-30-46-95(107)99-72-86(120(7,8)9)56-66-111(99)126)58-62-105(113)125-106-63-59-90(127-108-51-35-31-47-96(108)100-73-87(121(10,11)12)57-67-112(100)127)77-114(106)129(116-75-88(122(13,14)15)74-115(128)117(116)125)110-65-55-85(119(4,5)6)71-98(110)79-53-61-94-92-45-29-33-49-102(92)124(104(94)69-79,82-40-24-18-25-41-82)83-42-26-19-27-43-83/h16-77H,1-15H3/i30D,31D,34D,35D,46D,47D,50D,51D,56D,57D,66D,67D,72D,73D. The molecule has 4 aliphatic rings. The van der Waals surface area contributed by atoms with Crippen molar-refractivity contribution in [1.29, 1.82) is 0 Å². The van der Waals surface area contributed by atoms with E-state index in [0.717, 1.165) is 145 Å². The molecular formula is C124H107BN4. The molecule has 0 unspecified atom stereocenters. The molecule has 0 saturated heterocycles. The smallest absolute Gasteiger partial charge is 0.252 e. The largest absolute Gasteiger partial charge is 0.311 e. The Morgan fingerprint density at radius 3 is 0.961 bits per heavy atom. The average molecular weight is 1680 g/mol.